The van der Waals surface area contributed by atoms with Crippen LogP contribution in [0.2, 0.25) is 41.2 Å². The zero-order valence-corrected chi connectivity index (χ0v) is 72.2. The van der Waals surface area contributed by atoms with Crippen molar-refractivity contribution in [3.05, 3.63) is 211 Å². The standard InChI is InChI=1S/2C23H29Cl2N2.C12H20Cl2N2.C11H9Br.C9H19Br.C3H2Cl2N2.2BrH/c2*1-2-3-4-5-6-7-10-15-26-18-27(23(25)22(26)24)17-19-13-14-20-11-8-9-12-21(20)16-19;1-2-3-4-5-6-7-8-9-16-10-15-11(13)12(16)14;12-8-9-5-6-10-3-1-2-4-11(10)7-9;1-2-3-4-5-6-7-8-9-10;4-2-3(5)7-1-6-2;;/h2*8-9,11-14,16,18H,2-7,10,15,17H2,1H3;10H,2-9H2,1H3;1-7H,8H2;2-9H2,1H3;1H,(H,6,7);2*1H/q2*+1;;;;;;/p-2. The number of nitrogens with one attached hydrogen (secondary N) is 1. The Hall–Kier alpha value is -2.82. The number of hydrogen-bond acceptors (Lipinski definition) is 2. The Bertz CT molecular complexity index is 3610. The summed E-state index contributed by atoms with van der Waals surface area (Å²) in [6.45, 7) is 13.3. The SMILES string of the molecule is BrCc1ccc2ccccc2c1.CCCCCCCCCBr.CCCCCCCCCn1c[n+](Cc2ccc3ccccc3c2)c(Cl)c1Cl.CCCCCCCCCn1c[n+](Cc2ccc3ccccc3c2)c(Cl)c1Cl.CCCCCCCCCn1cnc(Cl)c1Cl.Clc1nc[nH]c1Cl.[Br-].[Br-]. The van der Waals surface area contributed by atoms with Gasteiger partial charge in [0.1, 0.15) is 23.4 Å². The van der Waals surface area contributed by atoms with E-state index in [1.807, 2.05) is 13.7 Å². The van der Waals surface area contributed by atoms with Crippen molar-refractivity contribution in [1.82, 2.24) is 28.7 Å². The van der Waals surface area contributed by atoms with Gasteiger partial charge in [0.2, 0.25) is 12.7 Å². The van der Waals surface area contributed by atoms with Gasteiger partial charge < -0.3 is 43.5 Å². The number of imidazole rings is 4. The van der Waals surface area contributed by atoms with Crippen molar-refractivity contribution in [3.8, 4) is 0 Å². The molecule has 0 saturated carbocycles. The number of benzene rings is 6. The summed E-state index contributed by atoms with van der Waals surface area (Å²) in [7, 11) is 0. The summed E-state index contributed by atoms with van der Waals surface area (Å²) in [6.07, 6.45) is 44.4. The third-order valence-electron chi connectivity index (χ3n) is 17.2. The van der Waals surface area contributed by atoms with Crippen molar-refractivity contribution in [2.45, 2.75) is 246 Å². The lowest BCUT2D eigenvalue weighted by molar-refractivity contribution is -0.685. The van der Waals surface area contributed by atoms with E-state index in [1.165, 1.54) is 221 Å². The normalized spacial score (nSPS) is 10.7. The van der Waals surface area contributed by atoms with Crippen molar-refractivity contribution in [1.29, 1.82) is 0 Å². The molecule has 0 saturated heterocycles. The summed E-state index contributed by atoms with van der Waals surface area (Å²) in [5.41, 5.74) is 3.78. The lowest BCUT2D eigenvalue weighted by Crippen LogP contribution is -3.00. The second-order valence-electron chi connectivity index (χ2n) is 25.4. The first-order valence-corrected chi connectivity index (χ1v) is 41.6. The van der Waals surface area contributed by atoms with Gasteiger partial charge in [0.15, 0.2) is 10.3 Å². The molecule has 20 heteroatoms. The minimum atomic E-state index is 0. The molecule has 0 spiro atoms. The van der Waals surface area contributed by atoms with Crippen molar-refractivity contribution in [2.75, 3.05) is 5.33 Å². The van der Waals surface area contributed by atoms with Crippen LogP contribution in [0.15, 0.2) is 153 Å². The van der Waals surface area contributed by atoms with E-state index < -0.39 is 0 Å². The fourth-order valence-electron chi connectivity index (χ4n) is 11.5. The predicted octanol–water partition coefficient (Wildman–Crippen LogP) is 22.6. The number of aryl methyl sites for hydroxylation is 3. The maximum atomic E-state index is 6.49. The molecule has 10 aromatic rings. The molecule has 0 bridgehead atoms. The molecule has 1 N–H and O–H groups in total. The number of aromatic amines is 1. The van der Waals surface area contributed by atoms with E-state index in [-0.39, 0.29) is 34.0 Å². The van der Waals surface area contributed by atoms with Gasteiger partial charge in [0, 0.05) is 17.2 Å². The minimum Gasteiger partial charge on any atom is -1.00 e. The van der Waals surface area contributed by atoms with Crippen LogP contribution < -0.4 is 43.1 Å². The molecule has 0 aliphatic rings. The van der Waals surface area contributed by atoms with Crippen LogP contribution in [-0.4, -0.2) is 34.0 Å². The van der Waals surface area contributed by atoms with Crippen LogP contribution in [0.5, 0.6) is 0 Å². The van der Waals surface area contributed by atoms with Crippen LogP contribution in [0.4, 0.5) is 0 Å². The number of nitrogens with zero attached hydrogens (tertiary/aromatic N) is 7. The maximum absolute atomic E-state index is 6.49. The third kappa shape index (κ3) is 36.1. The summed E-state index contributed by atoms with van der Waals surface area (Å²) < 4.78 is 10.1. The zero-order chi connectivity index (χ0) is 71.2. The molecule has 0 atom stereocenters. The van der Waals surface area contributed by atoms with Gasteiger partial charge in [-0.3, -0.25) is 0 Å². The topological polar surface area (TPSA) is 64.1 Å². The molecular formula is C81H108Br4Cl8N8. The number of rotatable bonds is 36. The van der Waals surface area contributed by atoms with Crippen LogP contribution in [0.3, 0.4) is 0 Å². The Kier molecular flexibility index (Phi) is 51.6. The van der Waals surface area contributed by atoms with E-state index in [0.717, 1.165) is 57.3 Å². The highest BCUT2D eigenvalue weighted by atomic mass is 79.9. The fourth-order valence-corrected chi connectivity index (χ4v) is 13.6. The van der Waals surface area contributed by atoms with E-state index in [1.54, 1.807) is 6.33 Å². The molecule has 8 nitrogen and oxygen atoms in total. The number of hydrogen-bond donors (Lipinski definition) is 1. The summed E-state index contributed by atoms with van der Waals surface area (Å²) in [6, 6.07) is 44.8. The molecule has 4 heterocycles. The fraction of sp³-hybridized carbons (Fsp3) is 0.481. The Labute approximate surface area is 683 Å². The van der Waals surface area contributed by atoms with Crippen LogP contribution in [0.25, 0.3) is 32.3 Å². The average molecular weight is 1800 g/mol. The van der Waals surface area contributed by atoms with E-state index in [2.05, 4.69) is 224 Å². The Morgan fingerprint density at radius 1 is 0.356 bits per heavy atom. The molecule has 0 fully saturated rings. The van der Waals surface area contributed by atoms with E-state index in [0.29, 0.717) is 41.2 Å². The quantitative estimate of drug-likeness (QED) is 0.0242. The molecule has 10 rings (SSSR count). The van der Waals surface area contributed by atoms with Crippen LogP contribution >= 0.6 is 125 Å². The molecule has 0 radical (unpaired) electrons. The van der Waals surface area contributed by atoms with Gasteiger partial charge in [-0.25, -0.2) is 28.2 Å². The molecule has 0 unspecified atom stereocenters. The van der Waals surface area contributed by atoms with Gasteiger partial charge in [0.05, 0.1) is 25.7 Å². The van der Waals surface area contributed by atoms with Crippen LogP contribution in [0, 0.1) is 0 Å². The van der Waals surface area contributed by atoms with Gasteiger partial charge in [-0.1, -0.05) is 362 Å². The Morgan fingerprint density at radius 2 is 0.683 bits per heavy atom. The van der Waals surface area contributed by atoms with Gasteiger partial charge in [-0.05, 0) is 146 Å². The van der Waals surface area contributed by atoms with Crippen molar-refractivity contribution in [2.24, 2.45) is 0 Å². The van der Waals surface area contributed by atoms with Crippen LogP contribution in [-0.2, 0) is 38.1 Å². The second kappa shape index (κ2) is 56.5. The lowest BCUT2D eigenvalue weighted by Gasteiger charge is -2.03. The van der Waals surface area contributed by atoms with Crippen LogP contribution in [0.1, 0.15) is 224 Å². The third-order valence-corrected chi connectivity index (χ3v) is 21.7. The molecule has 0 aliphatic carbocycles. The first kappa shape index (κ1) is 92.4. The van der Waals surface area contributed by atoms with Gasteiger partial charge in [0.25, 0.3) is 20.6 Å². The molecule has 0 aliphatic heterocycles. The summed E-state index contributed by atoms with van der Waals surface area (Å²) >= 11 is 55.2. The van der Waals surface area contributed by atoms with E-state index >= 15 is 0 Å². The van der Waals surface area contributed by atoms with Crippen molar-refractivity contribution < 1.29 is 43.1 Å². The number of halogens is 12. The summed E-state index contributed by atoms with van der Waals surface area (Å²) in [5.74, 6) is 0. The Morgan fingerprint density at radius 3 is 0.990 bits per heavy atom. The first-order chi connectivity index (χ1) is 48.2. The van der Waals surface area contributed by atoms with Crippen molar-refractivity contribution >= 4 is 157 Å². The molecule has 6 aromatic carbocycles. The second-order valence-corrected chi connectivity index (χ2v) is 29.7. The largest absolute Gasteiger partial charge is 1.00 e. The number of alkyl halides is 2. The zero-order valence-electron chi connectivity index (χ0n) is 59.8. The highest BCUT2D eigenvalue weighted by molar-refractivity contribution is 9.09. The number of fused-ring (bicyclic) bond motifs is 3. The molecular weight excluding hydrogens is 1690 g/mol. The minimum absolute atomic E-state index is 0. The average Bonchev–Trinajstić information content (AvgIpc) is 1.80. The molecule has 556 valence electrons. The number of H-pyrrole nitrogens is 1. The van der Waals surface area contributed by atoms with Gasteiger partial charge in [-0.2, -0.15) is 0 Å². The first-order valence-electron chi connectivity index (χ1n) is 36.4. The monoisotopic (exact) mass is 1790 g/mol. The Balaban J connectivity index is 0.000000333. The highest BCUT2D eigenvalue weighted by Gasteiger charge is 2.22. The summed E-state index contributed by atoms with van der Waals surface area (Å²) in [5, 5.41) is 13.9. The lowest BCUT2D eigenvalue weighted by atomic mass is 10.1. The predicted molar refractivity (Wildman–Crippen MR) is 439 cm³/mol. The number of aromatic nitrogens is 8. The molecule has 4 aromatic heterocycles. The molecule has 0 amide bonds. The highest BCUT2D eigenvalue weighted by Crippen LogP contribution is 2.26. The number of unbranched alkanes of at least 4 members (excludes halogenated alkanes) is 24. The van der Waals surface area contributed by atoms with E-state index in [9.17, 15) is 0 Å². The molecule has 101 heavy (non-hydrogen) atoms. The van der Waals surface area contributed by atoms with E-state index in [4.69, 9.17) is 92.8 Å². The summed E-state index contributed by atoms with van der Waals surface area (Å²) in [4.78, 5) is 10.1. The maximum Gasteiger partial charge on any atom is 0.255 e. The smallest absolute Gasteiger partial charge is 0.255 e. The van der Waals surface area contributed by atoms with Gasteiger partial charge in [-0.15, -0.1) is 0 Å². The van der Waals surface area contributed by atoms with Gasteiger partial charge >= 0.3 is 0 Å². The van der Waals surface area contributed by atoms with Crippen molar-refractivity contribution in [3.63, 3.8) is 0 Å².